The van der Waals surface area contributed by atoms with Gasteiger partial charge in [-0.05, 0) is 69.5 Å². The van der Waals surface area contributed by atoms with Gasteiger partial charge < -0.3 is 5.32 Å². The van der Waals surface area contributed by atoms with Gasteiger partial charge in [-0.25, -0.2) is 4.68 Å². The third kappa shape index (κ3) is 4.17. The number of hydrogen-bond acceptors (Lipinski definition) is 3. The van der Waals surface area contributed by atoms with Crippen LogP contribution in [0.25, 0.3) is 5.69 Å². The van der Waals surface area contributed by atoms with Crippen molar-refractivity contribution in [2.75, 3.05) is 11.9 Å². The average molecular weight is 403 g/mol. The highest BCUT2D eigenvalue weighted by molar-refractivity contribution is 6.04. The highest BCUT2D eigenvalue weighted by atomic mass is 16.1. The van der Waals surface area contributed by atoms with Crippen LogP contribution in [-0.4, -0.2) is 33.2 Å². The van der Waals surface area contributed by atoms with Crippen molar-refractivity contribution in [1.29, 1.82) is 0 Å². The quantitative estimate of drug-likeness (QED) is 0.615. The zero-order chi connectivity index (χ0) is 21.1. The second-order valence-corrected chi connectivity index (χ2v) is 8.18. The van der Waals surface area contributed by atoms with E-state index in [2.05, 4.69) is 43.1 Å². The number of aromatic nitrogens is 2. The van der Waals surface area contributed by atoms with Crippen LogP contribution in [0.4, 0.5) is 5.82 Å². The molecule has 1 N–H and O–H groups in total. The van der Waals surface area contributed by atoms with Crippen molar-refractivity contribution in [2.24, 2.45) is 0 Å². The van der Waals surface area contributed by atoms with Crippen molar-refractivity contribution >= 4 is 11.7 Å². The molecule has 4 rings (SSSR count). The zero-order valence-corrected chi connectivity index (χ0v) is 18.1. The van der Waals surface area contributed by atoms with Crippen molar-refractivity contribution in [3.63, 3.8) is 0 Å². The molecule has 0 spiro atoms. The number of fused-ring (bicyclic) bond motifs is 1. The molecule has 0 bridgehead atoms. The number of anilines is 1. The number of nitrogens with zero attached hydrogens (tertiary/aromatic N) is 3. The largest absolute Gasteiger partial charge is 0.306 e. The highest BCUT2D eigenvalue weighted by Gasteiger charge is 2.24. The van der Waals surface area contributed by atoms with E-state index in [-0.39, 0.29) is 5.91 Å². The van der Waals surface area contributed by atoms with Gasteiger partial charge in [0, 0.05) is 23.7 Å². The van der Waals surface area contributed by atoms with Gasteiger partial charge in [-0.3, -0.25) is 9.69 Å². The number of rotatable bonds is 7. The van der Waals surface area contributed by atoms with Gasteiger partial charge in [0.2, 0.25) is 0 Å². The van der Waals surface area contributed by atoms with Gasteiger partial charge in [-0.1, -0.05) is 37.3 Å². The summed E-state index contributed by atoms with van der Waals surface area (Å²) >= 11 is 0. The summed E-state index contributed by atoms with van der Waals surface area (Å²) in [5.41, 5.74) is 5.11. The molecule has 0 atom stereocenters. The summed E-state index contributed by atoms with van der Waals surface area (Å²) < 4.78 is 1.87. The third-order valence-electron chi connectivity index (χ3n) is 5.88. The number of benzene rings is 2. The Bertz CT molecular complexity index is 1010. The maximum Gasteiger partial charge on any atom is 0.256 e. The Kier molecular flexibility index (Phi) is 6.00. The smallest absolute Gasteiger partial charge is 0.256 e. The van der Waals surface area contributed by atoms with E-state index in [1.165, 1.54) is 11.1 Å². The monoisotopic (exact) mass is 402 g/mol. The first-order valence-corrected chi connectivity index (χ1v) is 10.9. The Morgan fingerprint density at radius 3 is 2.50 bits per heavy atom. The van der Waals surface area contributed by atoms with Gasteiger partial charge in [0.25, 0.3) is 5.91 Å². The standard InChI is InChI=1S/C25H30N4O/c1-4-28(18(2)3)17-19-13-15-20(16-14-19)25(30)26-24-22-11-8-12-23(22)27-29(24)21-9-6-5-7-10-21/h5-7,9-10,13-16,18H,4,8,11-12,17H2,1-3H3,(H,26,30). The Morgan fingerprint density at radius 1 is 1.10 bits per heavy atom. The molecule has 0 saturated heterocycles. The lowest BCUT2D eigenvalue weighted by molar-refractivity contribution is 0.102. The van der Waals surface area contributed by atoms with E-state index in [4.69, 9.17) is 5.10 Å². The van der Waals surface area contributed by atoms with Crippen LogP contribution in [0.3, 0.4) is 0 Å². The second kappa shape index (κ2) is 8.84. The molecule has 0 fully saturated rings. The Balaban J connectivity index is 1.55. The molecule has 3 aromatic rings. The topological polar surface area (TPSA) is 50.2 Å². The lowest BCUT2D eigenvalue weighted by atomic mass is 10.1. The minimum atomic E-state index is -0.0930. The van der Waals surface area contributed by atoms with Gasteiger partial charge >= 0.3 is 0 Å². The van der Waals surface area contributed by atoms with Crippen LogP contribution in [0.2, 0.25) is 0 Å². The summed E-state index contributed by atoms with van der Waals surface area (Å²) in [4.78, 5) is 15.4. The third-order valence-corrected chi connectivity index (χ3v) is 5.88. The minimum Gasteiger partial charge on any atom is -0.306 e. The van der Waals surface area contributed by atoms with Crippen LogP contribution in [0.1, 0.15) is 54.4 Å². The maximum absolute atomic E-state index is 13.0. The van der Waals surface area contributed by atoms with E-state index in [0.29, 0.717) is 11.6 Å². The lowest BCUT2D eigenvalue weighted by Crippen LogP contribution is -2.29. The summed E-state index contributed by atoms with van der Waals surface area (Å²) in [6, 6.07) is 18.4. The summed E-state index contributed by atoms with van der Waals surface area (Å²) in [6.45, 7) is 8.49. The van der Waals surface area contributed by atoms with Crippen LogP contribution < -0.4 is 5.32 Å². The zero-order valence-electron chi connectivity index (χ0n) is 18.1. The van der Waals surface area contributed by atoms with Crippen LogP contribution in [0.5, 0.6) is 0 Å². The minimum absolute atomic E-state index is 0.0930. The number of aryl methyl sites for hydroxylation is 1. The molecule has 5 nitrogen and oxygen atoms in total. The van der Waals surface area contributed by atoms with E-state index in [1.54, 1.807) is 0 Å². The summed E-state index contributed by atoms with van der Waals surface area (Å²) in [7, 11) is 0. The molecule has 0 aliphatic heterocycles. The molecular formula is C25H30N4O. The van der Waals surface area contributed by atoms with E-state index >= 15 is 0 Å². The first-order chi connectivity index (χ1) is 14.6. The highest BCUT2D eigenvalue weighted by Crippen LogP contribution is 2.31. The molecular weight excluding hydrogens is 372 g/mol. The number of amides is 1. The van der Waals surface area contributed by atoms with Crippen molar-refractivity contribution in [2.45, 2.75) is 52.6 Å². The van der Waals surface area contributed by atoms with Gasteiger partial charge in [0.15, 0.2) is 0 Å². The SMILES string of the molecule is CCN(Cc1ccc(C(=O)Nc2c3c(nn2-c2ccccc2)CCC3)cc1)C(C)C. The van der Waals surface area contributed by atoms with Crippen LogP contribution in [0.15, 0.2) is 54.6 Å². The molecule has 0 unspecified atom stereocenters. The molecule has 0 radical (unpaired) electrons. The van der Waals surface area contributed by atoms with Gasteiger partial charge in [0.05, 0.1) is 11.4 Å². The Hall–Kier alpha value is -2.92. The van der Waals surface area contributed by atoms with E-state index in [0.717, 1.165) is 49.6 Å². The lowest BCUT2D eigenvalue weighted by Gasteiger charge is -2.24. The fraction of sp³-hybridized carbons (Fsp3) is 0.360. The van der Waals surface area contributed by atoms with Crippen LogP contribution in [-0.2, 0) is 19.4 Å². The average Bonchev–Trinajstić information content (AvgIpc) is 3.35. The molecule has 5 heteroatoms. The number of hydrogen-bond donors (Lipinski definition) is 1. The predicted molar refractivity (Wildman–Crippen MR) is 121 cm³/mol. The normalized spacial score (nSPS) is 13.1. The van der Waals surface area contributed by atoms with E-state index in [9.17, 15) is 4.79 Å². The van der Waals surface area contributed by atoms with Crippen molar-refractivity contribution in [3.8, 4) is 5.69 Å². The van der Waals surface area contributed by atoms with Crippen molar-refractivity contribution in [1.82, 2.24) is 14.7 Å². The molecule has 0 saturated carbocycles. The van der Waals surface area contributed by atoms with Gasteiger partial charge in [-0.2, -0.15) is 5.10 Å². The van der Waals surface area contributed by atoms with Crippen molar-refractivity contribution < 1.29 is 4.79 Å². The number of carbonyl (C=O) groups excluding carboxylic acids is 1. The van der Waals surface area contributed by atoms with Crippen LogP contribution >= 0.6 is 0 Å². The molecule has 1 heterocycles. The maximum atomic E-state index is 13.0. The van der Waals surface area contributed by atoms with E-state index in [1.807, 2.05) is 47.1 Å². The summed E-state index contributed by atoms with van der Waals surface area (Å²) in [5, 5.41) is 7.92. The van der Waals surface area contributed by atoms with Gasteiger partial charge in [-0.15, -0.1) is 0 Å². The molecule has 30 heavy (non-hydrogen) atoms. The number of para-hydroxylation sites is 1. The number of nitrogens with one attached hydrogen (secondary N) is 1. The van der Waals surface area contributed by atoms with Crippen molar-refractivity contribution in [3.05, 3.63) is 77.0 Å². The molecule has 1 aliphatic rings. The first-order valence-electron chi connectivity index (χ1n) is 10.9. The fourth-order valence-corrected chi connectivity index (χ4v) is 4.11. The number of carbonyl (C=O) groups is 1. The fourth-order valence-electron chi connectivity index (χ4n) is 4.11. The summed E-state index contributed by atoms with van der Waals surface area (Å²) in [6.07, 6.45) is 3.02. The van der Waals surface area contributed by atoms with Gasteiger partial charge in [0.1, 0.15) is 5.82 Å². The second-order valence-electron chi connectivity index (χ2n) is 8.18. The summed E-state index contributed by atoms with van der Waals surface area (Å²) in [5.74, 6) is 0.712. The molecule has 1 aliphatic carbocycles. The molecule has 1 aromatic heterocycles. The predicted octanol–water partition coefficient (Wildman–Crippen LogP) is 4.84. The molecule has 2 aromatic carbocycles. The van der Waals surface area contributed by atoms with Crippen LogP contribution in [0, 0.1) is 0 Å². The molecule has 156 valence electrons. The molecule has 1 amide bonds. The Morgan fingerprint density at radius 2 is 1.83 bits per heavy atom. The Labute approximate surface area is 178 Å². The van der Waals surface area contributed by atoms with E-state index < -0.39 is 0 Å². The first kappa shape index (κ1) is 20.4.